The molecule has 2 aromatic carbocycles. The average Bonchev–Trinajstić information content (AvgIpc) is 3.34. The molecule has 6 heteroatoms. The van der Waals surface area contributed by atoms with Crippen LogP contribution in [0.25, 0.3) is 28.1 Å². The Kier molecular flexibility index (Phi) is 2.82. The number of carbonyl (C=O) groups is 1. The van der Waals surface area contributed by atoms with Gasteiger partial charge in [-0.05, 0) is 48.9 Å². The second kappa shape index (κ2) is 5.04. The molecule has 1 unspecified atom stereocenters. The number of hydrogen-bond donors (Lipinski definition) is 2. The lowest BCUT2D eigenvalue weighted by molar-refractivity contribution is -0.116. The van der Waals surface area contributed by atoms with Gasteiger partial charge < -0.3 is 14.9 Å². The van der Waals surface area contributed by atoms with Crippen LogP contribution in [0.15, 0.2) is 55.1 Å². The standard InChI is InChI=1S/C19H15N5O/c1-11-14-8-16-17(9-15(14)23-19(11)25)22-18(21-16)12-2-4-13(5-3-12)24-7-6-20-10-24/h2-11H,1H3,(H,21,22)(H,23,25). The van der Waals surface area contributed by atoms with Gasteiger partial charge in [0, 0.05) is 29.3 Å². The van der Waals surface area contributed by atoms with Crippen LogP contribution in [0.4, 0.5) is 5.69 Å². The van der Waals surface area contributed by atoms with Gasteiger partial charge in [-0.15, -0.1) is 0 Å². The first-order valence-electron chi connectivity index (χ1n) is 8.12. The molecular weight excluding hydrogens is 314 g/mol. The Morgan fingerprint density at radius 2 is 2.00 bits per heavy atom. The van der Waals surface area contributed by atoms with Crippen LogP contribution < -0.4 is 5.32 Å². The number of carbonyl (C=O) groups excluding carboxylic acids is 1. The number of anilines is 1. The fourth-order valence-corrected chi connectivity index (χ4v) is 3.26. The zero-order chi connectivity index (χ0) is 17.0. The van der Waals surface area contributed by atoms with Crippen LogP contribution in [-0.2, 0) is 4.79 Å². The second-order valence-electron chi connectivity index (χ2n) is 6.27. The highest BCUT2D eigenvalue weighted by Gasteiger charge is 2.27. The maximum atomic E-state index is 11.8. The normalized spacial score (nSPS) is 16.2. The fraction of sp³-hybridized carbons (Fsp3) is 0.105. The van der Waals surface area contributed by atoms with E-state index in [1.54, 1.807) is 12.5 Å². The predicted octanol–water partition coefficient (Wildman–Crippen LogP) is 3.47. The van der Waals surface area contributed by atoms with Crippen LogP contribution in [0.5, 0.6) is 0 Å². The third-order valence-electron chi connectivity index (χ3n) is 4.71. The highest BCUT2D eigenvalue weighted by Crippen LogP contribution is 2.35. The van der Waals surface area contributed by atoms with E-state index in [4.69, 9.17) is 0 Å². The van der Waals surface area contributed by atoms with Crippen molar-refractivity contribution in [3.05, 3.63) is 60.7 Å². The monoisotopic (exact) mass is 329 g/mol. The van der Waals surface area contributed by atoms with Crippen LogP contribution in [0, 0.1) is 0 Å². The van der Waals surface area contributed by atoms with E-state index in [1.165, 1.54) is 0 Å². The van der Waals surface area contributed by atoms with E-state index in [0.717, 1.165) is 39.4 Å². The Hall–Kier alpha value is -3.41. The first-order chi connectivity index (χ1) is 12.2. The first-order valence-corrected chi connectivity index (χ1v) is 8.12. The van der Waals surface area contributed by atoms with Gasteiger partial charge in [0.05, 0.1) is 23.3 Å². The van der Waals surface area contributed by atoms with Crippen molar-refractivity contribution < 1.29 is 4.79 Å². The number of fused-ring (bicyclic) bond motifs is 2. The van der Waals surface area contributed by atoms with Crippen molar-refractivity contribution in [2.24, 2.45) is 0 Å². The van der Waals surface area contributed by atoms with Crippen molar-refractivity contribution in [1.82, 2.24) is 19.5 Å². The summed E-state index contributed by atoms with van der Waals surface area (Å²) in [6, 6.07) is 12.1. The molecule has 6 nitrogen and oxygen atoms in total. The van der Waals surface area contributed by atoms with Gasteiger partial charge in [-0.25, -0.2) is 9.97 Å². The van der Waals surface area contributed by atoms with Gasteiger partial charge >= 0.3 is 0 Å². The Morgan fingerprint density at radius 1 is 1.16 bits per heavy atom. The summed E-state index contributed by atoms with van der Waals surface area (Å²) in [6.07, 6.45) is 5.44. The van der Waals surface area contributed by atoms with Crippen molar-refractivity contribution in [2.75, 3.05) is 5.32 Å². The number of aromatic amines is 1. The third-order valence-corrected chi connectivity index (χ3v) is 4.71. The maximum Gasteiger partial charge on any atom is 0.231 e. The van der Waals surface area contributed by atoms with E-state index >= 15 is 0 Å². The van der Waals surface area contributed by atoms with Crippen LogP contribution in [0.1, 0.15) is 18.4 Å². The Morgan fingerprint density at radius 3 is 2.76 bits per heavy atom. The number of aromatic nitrogens is 4. The number of H-pyrrole nitrogens is 1. The van der Waals surface area contributed by atoms with Gasteiger partial charge in [0.15, 0.2) is 0 Å². The number of nitrogens with zero attached hydrogens (tertiary/aromatic N) is 3. The van der Waals surface area contributed by atoms with E-state index in [2.05, 4.69) is 20.3 Å². The Balaban J connectivity index is 1.54. The van der Waals surface area contributed by atoms with Crippen molar-refractivity contribution in [3.63, 3.8) is 0 Å². The molecule has 1 aliphatic rings. The smallest absolute Gasteiger partial charge is 0.231 e. The van der Waals surface area contributed by atoms with Gasteiger partial charge in [0.25, 0.3) is 0 Å². The molecule has 0 aliphatic carbocycles. The van der Waals surface area contributed by atoms with Crippen molar-refractivity contribution in [1.29, 1.82) is 0 Å². The zero-order valence-corrected chi connectivity index (χ0v) is 13.5. The van der Waals surface area contributed by atoms with Gasteiger partial charge in [0.2, 0.25) is 5.91 Å². The molecule has 1 atom stereocenters. The Labute approximate surface area is 143 Å². The van der Waals surface area contributed by atoms with E-state index < -0.39 is 0 Å². The van der Waals surface area contributed by atoms with E-state index in [1.807, 2.05) is 54.1 Å². The third kappa shape index (κ3) is 2.15. The summed E-state index contributed by atoms with van der Waals surface area (Å²) in [4.78, 5) is 23.9. The van der Waals surface area contributed by atoms with Gasteiger partial charge in [-0.1, -0.05) is 0 Å². The van der Waals surface area contributed by atoms with Gasteiger partial charge in [0.1, 0.15) is 5.82 Å². The number of hydrogen-bond acceptors (Lipinski definition) is 3. The molecule has 0 radical (unpaired) electrons. The number of benzene rings is 2. The van der Waals surface area contributed by atoms with Crippen LogP contribution in [0.2, 0.25) is 0 Å². The van der Waals surface area contributed by atoms with E-state index in [0.29, 0.717) is 0 Å². The molecule has 0 fully saturated rings. The minimum Gasteiger partial charge on any atom is -0.338 e. The highest BCUT2D eigenvalue weighted by atomic mass is 16.2. The van der Waals surface area contributed by atoms with Crippen molar-refractivity contribution in [2.45, 2.75) is 12.8 Å². The Bertz CT molecular complexity index is 1090. The molecule has 1 aliphatic heterocycles. The molecule has 2 N–H and O–H groups in total. The minimum absolute atomic E-state index is 0.0398. The quantitative estimate of drug-likeness (QED) is 0.591. The van der Waals surface area contributed by atoms with E-state index in [-0.39, 0.29) is 11.8 Å². The molecule has 25 heavy (non-hydrogen) atoms. The summed E-state index contributed by atoms with van der Waals surface area (Å²) >= 11 is 0. The summed E-state index contributed by atoms with van der Waals surface area (Å²) in [5.41, 5.74) is 5.73. The number of rotatable bonds is 2. The van der Waals surface area contributed by atoms with Gasteiger partial charge in [-0.3, -0.25) is 4.79 Å². The lowest BCUT2D eigenvalue weighted by atomic mass is 10.0. The zero-order valence-electron chi connectivity index (χ0n) is 13.5. The van der Waals surface area contributed by atoms with Crippen molar-refractivity contribution >= 4 is 22.6 Å². The van der Waals surface area contributed by atoms with Gasteiger partial charge in [-0.2, -0.15) is 0 Å². The summed E-state index contributed by atoms with van der Waals surface area (Å²) in [5, 5.41) is 2.91. The average molecular weight is 329 g/mol. The maximum absolute atomic E-state index is 11.8. The van der Waals surface area contributed by atoms with Crippen LogP contribution >= 0.6 is 0 Å². The molecule has 3 heterocycles. The molecule has 122 valence electrons. The topological polar surface area (TPSA) is 75.6 Å². The number of nitrogens with one attached hydrogen (secondary N) is 2. The summed E-state index contributed by atoms with van der Waals surface area (Å²) < 4.78 is 1.96. The molecule has 1 amide bonds. The molecule has 0 saturated heterocycles. The SMILES string of the molecule is CC1C(=O)Nc2cc3nc(-c4ccc(-n5ccnc5)cc4)[nH]c3cc21. The minimum atomic E-state index is -0.124. The summed E-state index contributed by atoms with van der Waals surface area (Å²) in [6.45, 7) is 1.92. The molecule has 0 bridgehead atoms. The lowest BCUT2D eigenvalue weighted by Gasteiger charge is -2.02. The molecule has 4 aromatic rings. The molecule has 0 spiro atoms. The van der Waals surface area contributed by atoms with Crippen LogP contribution in [0.3, 0.4) is 0 Å². The largest absolute Gasteiger partial charge is 0.338 e. The summed E-state index contributed by atoms with van der Waals surface area (Å²) in [7, 11) is 0. The second-order valence-corrected chi connectivity index (χ2v) is 6.27. The predicted molar refractivity (Wildman–Crippen MR) is 95.7 cm³/mol. The van der Waals surface area contributed by atoms with Crippen LogP contribution in [-0.4, -0.2) is 25.4 Å². The fourth-order valence-electron chi connectivity index (χ4n) is 3.26. The highest BCUT2D eigenvalue weighted by molar-refractivity contribution is 6.05. The molecule has 5 rings (SSSR count). The van der Waals surface area contributed by atoms with E-state index in [9.17, 15) is 4.79 Å². The molecule has 0 saturated carbocycles. The van der Waals surface area contributed by atoms with Crippen molar-refractivity contribution in [3.8, 4) is 17.1 Å². The number of imidazole rings is 2. The molecular formula is C19H15N5O. The lowest BCUT2D eigenvalue weighted by Crippen LogP contribution is -2.08. The first kappa shape index (κ1) is 14.0. The number of amides is 1. The molecule has 2 aromatic heterocycles. The summed E-state index contributed by atoms with van der Waals surface area (Å²) in [5.74, 6) is 0.730.